The lowest BCUT2D eigenvalue weighted by Crippen LogP contribution is -2.42. The number of nitrogens with zero attached hydrogens (tertiary/aromatic N) is 3. The van der Waals surface area contributed by atoms with Crippen LogP contribution >= 0.6 is 0 Å². The molecule has 1 atom stereocenters. The number of nitrogens with one attached hydrogen (secondary N) is 2. The first-order valence-electron chi connectivity index (χ1n) is 10.4. The molecule has 2 aromatic rings. The van der Waals surface area contributed by atoms with Crippen LogP contribution in [-0.4, -0.2) is 54.8 Å². The number of alkyl halides is 3. The van der Waals surface area contributed by atoms with Gasteiger partial charge in [-0.25, -0.2) is 9.98 Å². The standard InChI is InChI=1S/C21H28F3N5O2/c1-2-25-20(27-13-16-7-5-9-26-19(16)31-15-21(22,23)24)28-14-17(18-8-6-12-30-18)29-10-3-4-11-29/h5-9,12,17H,2-4,10-11,13-15H2,1H3,(H2,25,27,28). The van der Waals surface area contributed by atoms with Crippen molar-refractivity contribution in [2.24, 2.45) is 4.99 Å². The maximum absolute atomic E-state index is 12.5. The molecule has 0 aliphatic carbocycles. The Bertz CT molecular complexity index is 821. The SMILES string of the molecule is CCNC(=NCc1cccnc1OCC(F)(F)F)NCC(c1ccco1)N1CCCC1. The quantitative estimate of drug-likeness (QED) is 0.460. The van der Waals surface area contributed by atoms with Crippen molar-refractivity contribution in [2.75, 3.05) is 32.8 Å². The van der Waals surface area contributed by atoms with Crippen molar-refractivity contribution in [3.05, 3.63) is 48.0 Å². The molecule has 7 nitrogen and oxygen atoms in total. The average Bonchev–Trinajstić information content (AvgIpc) is 3.45. The number of halogens is 3. The number of likely N-dealkylation sites (tertiary alicyclic amines) is 1. The number of hydrogen-bond acceptors (Lipinski definition) is 5. The summed E-state index contributed by atoms with van der Waals surface area (Å²) in [6, 6.07) is 7.22. The molecular weight excluding hydrogens is 411 g/mol. The number of aromatic nitrogens is 1. The second-order valence-corrected chi connectivity index (χ2v) is 7.22. The van der Waals surface area contributed by atoms with E-state index in [1.807, 2.05) is 19.1 Å². The lowest BCUT2D eigenvalue weighted by Gasteiger charge is -2.26. The zero-order chi connectivity index (χ0) is 22.1. The van der Waals surface area contributed by atoms with Crippen LogP contribution < -0.4 is 15.4 Å². The topological polar surface area (TPSA) is 74.9 Å². The molecule has 0 amide bonds. The Morgan fingerprint density at radius 2 is 2.06 bits per heavy atom. The molecular formula is C21H28F3N5O2. The highest BCUT2D eigenvalue weighted by molar-refractivity contribution is 5.79. The van der Waals surface area contributed by atoms with Gasteiger partial charge in [0.1, 0.15) is 5.76 Å². The molecule has 3 heterocycles. The summed E-state index contributed by atoms with van der Waals surface area (Å²) in [6.45, 7) is 3.94. The van der Waals surface area contributed by atoms with Gasteiger partial charge in [-0.2, -0.15) is 13.2 Å². The van der Waals surface area contributed by atoms with Crippen LogP contribution in [0, 0.1) is 0 Å². The van der Waals surface area contributed by atoms with E-state index < -0.39 is 12.8 Å². The third-order valence-electron chi connectivity index (χ3n) is 4.89. The van der Waals surface area contributed by atoms with Gasteiger partial charge in [0.05, 0.1) is 18.8 Å². The number of ether oxygens (including phenoxy) is 1. The Balaban J connectivity index is 1.66. The van der Waals surface area contributed by atoms with E-state index in [9.17, 15) is 13.2 Å². The largest absolute Gasteiger partial charge is 0.468 e. The van der Waals surface area contributed by atoms with E-state index in [-0.39, 0.29) is 18.5 Å². The third-order valence-corrected chi connectivity index (χ3v) is 4.89. The number of furan rings is 1. The minimum absolute atomic E-state index is 0.0649. The first-order valence-corrected chi connectivity index (χ1v) is 10.4. The monoisotopic (exact) mass is 439 g/mol. The molecule has 0 radical (unpaired) electrons. The molecule has 10 heteroatoms. The number of pyridine rings is 1. The molecule has 31 heavy (non-hydrogen) atoms. The van der Waals surface area contributed by atoms with Gasteiger partial charge in [-0.3, -0.25) is 4.90 Å². The maximum atomic E-state index is 12.5. The lowest BCUT2D eigenvalue weighted by molar-refractivity contribution is -0.154. The highest BCUT2D eigenvalue weighted by atomic mass is 19.4. The highest BCUT2D eigenvalue weighted by Gasteiger charge is 2.29. The van der Waals surface area contributed by atoms with E-state index in [2.05, 4.69) is 25.5 Å². The summed E-state index contributed by atoms with van der Waals surface area (Å²) in [5.74, 6) is 1.38. The van der Waals surface area contributed by atoms with Crippen molar-refractivity contribution in [3.8, 4) is 5.88 Å². The molecule has 3 rings (SSSR count). The summed E-state index contributed by atoms with van der Waals surface area (Å²) in [7, 11) is 0. The second kappa shape index (κ2) is 11.0. The van der Waals surface area contributed by atoms with E-state index in [0.29, 0.717) is 24.6 Å². The molecule has 0 bridgehead atoms. The third kappa shape index (κ3) is 7.16. The average molecular weight is 439 g/mol. The predicted octanol–water partition coefficient (Wildman–Crippen LogP) is 3.51. The zero-order valence-corrected chi connectivity index (χ0v) is 17.5. The summed E-state index contributed by atoms with van der Waals surface area (Å²) >= 11 is 0. The highest BCUT2D eigenvalue weighted by Crippen LogP contribution is 2.25. The van der Waals surface area contributed by atoms with E-state index in [1.165, 1.54) is 6.20 Å². The van der Waals surface area contributed by atoms with Gasteiger partial charge in [0, 0.05) is 24.8 Å². The Hall–Kier alpha value is -2.75. The van der Waals surface area contributed by atoms with Crippen molar-refractivity contribution in [2.45, 2.75) is 38.5 Å². The van der Waals surface area contributed by atoms with Crippen LogP contribution in [0.15, 0.2) is 46.1 Å². The molecule has 2 aromatic heterocycles. The first kappa shape index (κ1) is 22.9. The van der Waals surface area contributed by atoms with Gasteiger partial charge in [-0.1, -0.05) is 6.07 Å². The fraction of sp³-hybridized carbons (Fsp3) is 0.524. The molecule has 170 valence electrons. The van der Waals surface area contributed by atoms with Crippen molar-refractivity contribution in [3.63, 3.8) is 0 Å². The van der Waals surface area contributed by atoms with Gasteiger partial charge < -0.3 is 19.8 Å². The summed E-state index contributed by atoms with van der Waals surface area (Å²) in [6.07, 6.45) is 0.958. The summed E-state index contributed by atoms with van der Waals surface area (Å²) in [4.78, 5) is 10.8. The molecule has 2 N–H and O–H groups in total. The summed E-state index contributed by atoms with van der Waals surface area (Å²) in [5, 5.41) is 6.50. The Labute approximate surface area is 179 Å². The number of hydrogen-bond donors (Lipinski definition) is 2. The van der Waals surface area contributed by atoms with Crippen molar-refractivity contribution < 1.29 is 22.3 Å². The van der Waals surface area contributed by atoms with Crippen molar-refractivity contribution in [1.82, 2.24) is 20.5 Å². The number of aliphatic imine (C=N–C) groups is 1. The predicted molar refractivity (Wildman–Crippen MR) is 111 cm³/mol. The van der Waals surface area contributed by atoms with Crippen molar-refractivity contribution in [1.29, 1.82) is 0 Å². The van der Waals surface area contributed by atoms with Gasteiger partial charge in [0.15, 0.2) is 12.6 Å². The number of guanidine groups is 1. The molecule has 1 aliphatic rings. The Kier molecular flexibility index (Phi) is 8.16. The van der Waals surface area contributed by atoms with Gasteiger partial charge >= 0.3 is 6.18 Å². The van der Waals surface area contributed by atoms with E-state index in [0.717, 1.165) is 31.7 Å². The molecule has 1 aliphatic heterocycles. The van der Waals surface area contributed by atoms with Crippen molar-refractivity contribution >= 4 is 5.96 Å². The van der Waals surface area contributed by atoms with Crippen LogP contribution in [-0.2, 0) is 6.54 Å². The molecule has 0 saturated carbocycles. The summed E-state index contributed by atoms with van der Waals surface area (Å²) < 4.78 is 48.0. The fourth-order valence-corrected chi connectivity index (χ4v) is 3.47. The Morgan fingerprint density at radius 1 is 1.26 bits per heavy atom. The van der Waals surface area contributed by atoms with Crippen LogP contribution in [0.5, 0.6) is 5.88 Å². The van der Waals surface area contributed by atoms with Crippen LogP contribution in [0.4, 0.5) is 13.2 Å². The fourth-order valence-electron chi connectivity index (χ4n) is 3.47. The van der Waals surface area contributed by atoms with Gasteiger partial charge in [0.2, 0.25) is 5.88 Å². The van der Waals surface area contributed by atoms with E-state index in [1.54, 1.807) is 18.4 Å². The van der Waals surface area contributed by atoms with Crippen LogP contribution in [0.2, 0.25) is 0 Å². The molecule has 1 saturated heterocycles. The Morgan fingerprint density at radius 3 is 2.74 bits per heavy atom. The molecule has 1 fully saturated rings. The van der Waals surface area contributed by atoms with Gasteiger partial charge in [-0.15, -0.1) is 0 Å². The van der Waals surface area contributed by atoms with E-state index >= 15 is 0 Å². The van der Waals surface area contributed by atoms with Crippen LogP contribution in [0.25, 0.3) is 0 Å². The smallest absolute Gasteiger partial charge is 0.422 e. The zero-order valence-electron chi connectivity index (χ0n) is 17.5. The number of rotatable bonds is 9. The molecule has 0 aromatic carbocycles. The second-order valence-electron chi connectivity index (χ2n) is 7.22. The lowest BCUT2D eigenvalue weighted by atomic mass is 10.2. The minimum Gasteiger partial charge on any atom is -0.468 e. The first-order chi connectivity index (χ1) is 15.0. The van der Waals surface area contributed by atoms with Gasteiger partial charge in [-0.05, 0) is 51.1 Å². The maximum Gasteiger partial charge on any atom is 0.422 e. The normalized spacial score (nSPS) is 16.3. The minimum atomic E-state index is -4.43. The van der Waals surface area contributed by atoms with Crippen LogP contribution in [0.3, 0.4) is 0 Å². The molecule has 1 unspecified atom stereocenters. The van der Waals surface area contributed by atoms with Crippen LogP contribution in [0.1, 0.15) is 37.1 Å². The molecule has 0 spiro atoms. The van der Waals surface area contributed by atoms with E-state index in [4.69, 9.17) is 9.15 Å². The van der Waals surface area contributed by atoms with Gasteiger partial charge in [0.25, 0.3) is 0 Å². The summed E-state index contributed by atoms with van der Waals surface area (Å²) in [5.41, 5.74) is 0.478.